The fraction of sp³-hybridized carbons (Fsp3) is 0.500. The van der Waals surface area contributed by atoms with Gasteiger partial charge < -0.3 is 19.4 Å². The highest BCUT2D eigenvalue weighted by Gasteiger charge is 2.28. The van der Waals surface area contributed by atoms with Crippen molar-refractivity contribution in [3.05, 3.63) is 53.0 Å². The van der Waals surface area contributed by atoms with Crippen LogP contribution in [0.1, 0.15) is 66.8 Å². The van der Waals surface area contributed by atoms with E-state index < -0.39 is 6.10 Å². The number of carbonyl (C=O) groups is 2. The summed E-state index contributed by atoms with van der Waals surface area (Å²) in [4.78, 5) is 27.0. The summed E-state index contributed by atoms with van der Waals surface area (Å²) in [7, 11) is 0. The van der Waals surface area contributed by atoms with Crippen LogP contribution in [0.3, 0.4) is 0 Å². The Bertz CT molecular complexity index is 894. The van der Waals surface area contributed by atoms with E-state index in [4.69, 9.17) is 9.15 Å². The first-order valence-electron chi connectivity index (χ1n) is 10.7. The minimum absolute atomic E-state index is 0.0176. The maximum atomic E-state index is 12.9. The summed E-state index contributed by atoms with van der Waals surface area (Å²) in [6.45, 7) is 11.1. The molecule has 1 aromatic heterocycles. The topological polar surface area (TPSA) is 71.8 Å². The Morgan fingerprint density at radius 3 is 2.40 bits per heavy atom. The van der Waals surface area contributed by atoms with Crippen molar-refractivity contribution in [2.45, 2.75) is 65.5 Å². The molecule has 0 spiro atoms. The number of amides is 2. The molecule has 1 atom stereocenters. The number of furan rings is 1. The van der Waals surface area contributed by atoms with Crippen molar-refractivity contribution in [3.63, 3.8) is 0 Å². The first-order chi connectivity index (χ1) is 14.3. The van der Waals surface area contributed by atoms with Crippen LogP contribution < -0.4 is 10.1 Å². The average molecular weight is 413 g/mol. The molecule has 1 aromatic carbocycles. The molecule has 1 fully saturated rings. The number of ether oxygens (including phenoxy) is 1. The number of nitrogens with one attached hydrogen (secondary N) is 1. The van der Waals surface area contributed by atoms with Gasteiger partial charge >= 0.3 is 0 Å². The molecule has 1 saturated heterocycles. The minimum Gasteiger partial charge on any atom is -0.481 e. The molecule has 6 nitrogen and oxygen atoms in total. The van der Waals surface area contributed by atoms with E-state index in [1.54, 1.807) is 13.0 Å². The average Bonchev–Trinajstić information content (AvgIpc) is 3.15. The van der Waals surface area contributed by atoms with Crippen LogP contribution in [-0.4, -0.2) is 41.9 Å². The van der Waals surface area contributed by atoms with E-state index in [0.29, 0.717) is 37.6 Å². The molecule has 2 aromatic rings. The summed E-state index contributed by atoms with van der Waals surface area (Å²) in [6, 6.07) is 7.98. The predicted octanol–water partition coefficient (Wildman–Crippen LogP) is 4.21. The first-order valence-corrected chi connectivity index (χ1v) is 10.7. The predicted molar refractivity (Wildman–Crippen MR) is 116 cm³/mol. The number of rotatable bonds is 6. The van der Waals surface area contributed by atoms with Gasteiger partial charge in [0.2, 0.25) is 0 Å². The second-order valence-corrected chi connectivity index (χ2v) is 8.45. The van der Waals surface area contributed by atoms with Gasteiger partial charge in [-0.15, -0.1) is 0 Å². The Hall–Kier alpha value is -2.76. The lowest BCUT2D eigenvalue weighted by atomic mass is 10.0. The molecule has 1 aliphatic heterocycles. The minimum atomic E-state index is -0.553. The quantitative estimate of drug-likeness (QED) is 0.772. The molecule has 2 heterocycles. The lowest BCUT2D eigenvalue weighted by molar-refractivity contribution is -0.139. The van der Waals surface area contributed by atoms with Crippen molar-refractivity contribution in [1.29, 1.82) is 0 Å². The van der Waals surface area contributed by atoms with Crippen molar-refractivity contribution in [2.24, 2.45) is 0 Å². The SMILES string of the molecule is Cc1ccc(C(C)C)cc1OC(C)C(=O)N1CCC(NC(=O)c2occc2C)CC1. The van der Waals surface area contributed by atoms with Gasteiger partial charge in [-0.3, -0.25) is 9.59 Å². The third kappa shape index (κ3) is 5.04. The van der Waals surface area contributed by atoms with Crippen LogP contribution in [-0.2, 0) is 4.79 Å². The number of benzene rings is 1. The van der Waals surface area contributed by atoms with Crippen molar-refractivity contribution in [3.8, 4) is 5.75 Å². The van der Waals surface area contributed by atoms with Gasteiger partial charge in [0.1, 0.15) is 5.75 Å². The van der Waals surface area contributed by atoms with E-state index in [-0.39, 0.29) is 17.9 Å². The van der Waals surface area contributed by atoms with E-state index in [1.807, 2.05) is 30.9 Å². The van der Waals surface area contributed by atoms with Gasteiger partial charge in [0, 0.05) is 24.7 Å². The molecule has 1 aliphatic rings. The third-order valence-corrected chi connectivity index (χ3v) is 5.74. The number of nitrogens with zero attached hydrogens (tertiary/aromatic N) is 1. The van der Waals surface area contributed by atoms with Gasteiger partial charge in [-0.05, 0) is 62.8 Å². The molecular weight excluding hydrogens is 380 g/mol. The van der Waals surface area contributed by atoms with Crippen molar-refractivity contribution in [1.82, 2.24) is 10.2 Å². The van der Waals surface area contributed by atoms with Crippen LogP contribution in [0, 0.1) is 13.8 Å². The molecule has 30 heavy (non-hydrogen) atoms. The summed E-state index contributed by atoms with van der Waals surface area (Å²) in [6.07, 6.45) is 2.39. The second-order valence-electron chi connectivity index (χ2n) is 8.45. The van der Waals surface area contributed by atoms with Gasteiger partial charge in [0.05, 0.1) is 6.26 Å². The normalized spacial score (nSPS) is 15.9. The monoisotopic (exact) mass is 412 g/mol. The van der Waals surface area contributed by atoms with E-state index >= 15 is 0 Å². The molecule has 1 unspecified atom stereocenters. The molecule has 162 valence electrons. The summed E-state index contributed by atoms with van der Waals surface area (Å²) in [5, 5.41) is 3.01. The lowest BCUT2D eigenvalue weighted by Crippen LogP contribution is -2.49. The zero-order chi connectivity index (χ0) is 21.8. The van der Waals surface area contributed by atoms with Gasteiger partial charge in [-0.1, -0.05) is 26.0 Å². The third-order valence-electron chi connectivity index (χ3n) is 5.74. The van der Waals surface area contributed by atoms with Crippen LogP contribution in [0.2, 0.25) is 0 Å². The molecule has 0 bridgehead atoms. The molecule has 6 heteroatoms. The van der Waals surface area contributed by atoms with Crippen molar-refractivity contribution < 1.29 is 18.7 Å². The molecule has 0 aliphatic carbocycles. The smallest absolute Gasteiger partial charge is 0.287 e. The summed E-state index contributed by atoms with van der Waals surface area (Å²) in [5.41, 5.74) is 3.04. The van der Waals surface area contributed by atoms with Crippen LogP contribution in [0.5, 0.6) is 5.75 Å². The van der Waals surface area contributed by atoms with Gasteiger partial charge in [0.25, 0.3) is 11.8 Å². The number of aryl methyl sites for hydroxylation is 2. The maximum absolute atomic E-state index is 12.9. The van der Waals surface area contributed by atoms with E-state index in [9.17, 15) is 9.59 Å². The zero-order valence-corrected chi connectivity index (χ0v) is 18.5. The highest BCUT2D eigenvalue weighted by Crippen LogP contribution is 2.26. The van der Waals surface area contributed by atoms with Gasteiger partial charge in [0.15, 0.2) is 11.9 Å². The molecule has 3 rings (SSSR count). The number of hydrogen-bond donors (Lipinski definition) is 1. The molecule has 2 amide bonds. The zero-order valence-electron chi connectivity index (χ0n) is 18.5. The standard InChI is InChI=1S/C24H32N2O4/c1-15(2)19-7-6-16(3)21(14-19)30-18(5)24(28)26-11-8-20(9-12-26)25-23(27)22-17(4)10-13-29-22/h6-7,10,13-15,18,20H,8-9,11-12H2,1-5H3,(H,25,27). The number of piperidine rings is 1. The first kappa shape index (κ1) is 21.9. The fourth-order valence-electron chi connectivity index (χ4n) is 3.70. The Balaban J connectivity index is 1.53. The van der Waals surface area contributed by atoms with Crippen LogP contribution in [0.25, 0.3) is 0 Å². The largest absolute Gasteiger partial charge is 0.481 e. The molecule has 0 saturated carbocycles. The summed E-state index contributed by atoms with van der Waals surface area (Å²) in [5.74, 6) is 1.31. The van der Waals surface area contributed by atoms with E-state index in [0.717, 1.165) is 16.9 Å². The number of carbonyl (C=O) groups excluding carboxylic acids is 2. The Morgan fingerprint density at radius 1 is 1.10 bits per heavy atom. The molecule has 0 radical (unpaired) electrons. The van der Waals surface area contributed by atoms with E-state index in [2.05, 4.69) is 25.2 Å². The highest BCUT2D eigenvalue weighted by molar-refractivity contribution is 5.93. The maximum Gasteiger partial charge on any atom is 0.287 e. The van der Waals surface area contributed by atoms with Crippen molar-refractivity contribution in [2.75, 3.05) is 13.1 Å². The molecular formula is C24H32N2O4. The van der Waals surface area contributed by atoms with Gasteiger partial charge in [-0.2, -0.15) is 0 Å². The van der Waals surface area contributed by atoms with Crippen molar-refractivity contribution >= 4 is 11.8 Å². The molecule has 1 N–H and O–H groups in total. The fourth-order valence-corrected chi connectivity index (χ4v) is 3.70. The second kappa shape index (κ2) is 9.37. The summed E-state index contributed by atoms with van der Waals surface area (Å²) >= 11 is 0. The van der Waals surface area contributed by atoms with Crippen LogP contribution in [0.4, 0.5) is 0 Å². The van der Waals surface area contributed by atoms with E-state index in [1.165, 1.54) is 11.8 Å². The number of likely N-dealkylation sites (tertiary alicyclic amines) is 1. The van der Waals surface area contributed by atoms with Gasteiger partial charge in [-0.25, -0.2) is 0 Å². The van der Waals surface area contributed by atoms with Crippen LogP contribution >= 0.6 is 0 Å². The lowest BCUT2D eigenvalue weighted by Gasteiger charge is -2.34. The summed E-state index contributed by atoms with van der Waals surface area (Å²) < 4.78 is 11.3. The Morgan fingerprint density at radius 2 is 1.80 bits per heavy atom. The Labute approximate surface area is 178 Å². The highest BCUT2D eigenvalue weighted by atomic mass is 16.5. The number of hydrogen-bond acceptors (Lipinski definition) is 4. The van der Waals surface area contributed by atoms with Crippen LogP contribution in [0.15, 0.2) is 34.9 Å². The Kier molecular flexibility index (Phi) is 6.85.